The Hall–Kier alpha value is -3.80. The molecule has 3 aromatic carbocycles. The first-order valence-electron chi connectivity index (χ1n) is 10.1. The number of primary amides is 1. The first kappa shape index (κ1) is 19.2. The molecule has 156 valence electrons. The lowest BCUT2D eigenvalue weighted by molar-refractivity contribution is 0.190. The normalized spacial score (nSPS) is 15.7. The van der Waals surface area contributed by atoms with Crippen molar-refractivity contribution in [3.63, 3.8) is 0 Å². The van der Waals surface area contributed by atoms with Crippen LogP contribution in [0.5, 0.6) is 5.75 Å². The molecular weight excluding hydrogens is 393 g/mol. The van der Waals surface area contributed by atoms with E-state index in [0.717, 1.165) is 44.5 Å². The van der Waals surface area contributed by atoms with Crippen LogP contribution in [0.25, 0.3) is 22.0 Å². The molecule has 31 heavy (non-hydrogen) atoms. The van der Waals surface area contributed by atoms with Crippen LogP contribution in [0.3, 0.4) is 0 Å². The predicted octanol–water partition coefficient (Wildman–Crippen LogP) is 5.01. The van der Waals surface area contributed by atoms with Gasteiger partial charge in [-0.05, 0) is 59.0 Å². The van der Waals surface area contributed by atoms with E-state index in [2.05, 4.69) is 11.1 Å². The number of rotatable bonds is 3. The lowest BCUT2D eigenvalue weighted by Gasteiger charge is -2.36. The number of amides is 2. The smallest absolute Gasteiger partial charge is 0.315 e. The fourth-order valence-corrected chi connectivity index (χ4v) is 4.50. The van der Waals surface area contributed by atoms with Gasteiger partial charge in [0.1, 0.15) is 11.6 Å². The Kier molecular flexibility index (Phi) is 4.62. The number of hydrogen-bond donors (Lipinski definition) is 2. The van der Waals surface area contributed by atoms with Crippen LogP contribution in [-0.4, -0.2) is 29.6 Å². The summed E-state index contributed by atoms with van der Waals surface area (Å²) in [6, 6.07) is 18.0. The Bertz CT molecular complexity index is 1280. The molecule has 5 rings (SSSR count). The van der Waals surface area contributed by atoms with Crippen molar-refractivity contribution in [3.8, 4) is 16.9 Å². The Morgan fingerprint density at radius 3 is 2.58 bits per heavy atom. The quantitative estimate of drug-likeness (QED) is 0.494. The molecule has 3 N–H and O–H groups in total. The van der Waals surface area contributed by atoms with E-state index >= 15 is 0 Å². The zero-order valence-electron chi connectivity index (χ0n) is 17.1. The number of nitrogens with two attached hydrogens (primary N) is 1. The number of halogens is 1. The molecule has 0 fully saturated rings. The van der Waals surface area contributed by atoms with Crippen LogP contribution in [0.15, 0.2) is 66.9 Å². The number of nitrogens with one attached hydrogen (secondary N) is 1. The SMILES string of the molecule is COc1ccc(-c2ccc3c(c2)CCN(C(N)=O)C3c2c[nH]c3ccc(F)cc23)cc1. The van der Waals surface area contributed by atoms with Gasteiger partial charge in [-0.2, -0.15) is 0 Å². The molecule has 4 aromatic rings. The maximum absolute atomic E-state index is 14.0. The Morgan fingerprint density at radius 1 is 1.06 bits per heavy atom. The second kappa shape index (κ2) is 7.47. The van der Waals surface area contributed by atoms with Gasteiger partial charge in [-0.25, -0.2) is 9.18 Å². The third-order valence-electron chi connectivity index (χ3n) is 6.05. The summed E-state index contributed by atoms with van der Waals surface area (Å²) in [6.45, 7) is 0.501. The van der Waals surface area contributed by atoms with Gasteiger partial charge in [-0.3, -0.25) is 0 Å². The lowest BCUT2D eigenvalue weighted by Crippen LogP contribution is -2.43. The van der Waals surface area contributed by atoms with Gasteiger partial charge >= 0.3 is 6.03 Å². The standard InChI is InChI=1S/C25H22FN3O2/c1-31-19-6-2-15(3-7-19)16-4-8-20-17(12-16)10-11-29(25(27)30)24(20)22-14-28-23-9-5-18(26)13-21(22)23/h2-9,12-14,24,28H,10-11H2,1H3,(H2,27,30). The highest BCUT2D eigenvalue weighted by atomic mass is 19.1. The number of carbonyl (C=O) groups is 1. The summed E-state index contributed by atoms with van der Waals surface area (Å²) in [5, 5.41) is 0.753. The van der Waals surface area contributed by atoms with E-state index in [1.807, 2.05) is 42.6 Å². The molecule has 0 saturated heterocycles. The molecule has 1 atom stereocenters. The average Bonchev–Trinajstić information content (AvgIpc) is 3.20. The predicted molar refractivity (Wildman–Crippen MR) is 119 cm³/mol. The van der Waals surface area contributed by atoms with Gasteiger partial charge in [0.2, 0.25) is 0 Å². The molecule has 0 aliphatic carbocycles. The first-order chi connectivity index (χ1) is 15.0. The number of urea groups is 1. The zero-order valence-corrected chi connectivity index (χ0v) is 17.1. The van der Waals surface area contributed by atoms with Crippen LogP contribution in [0, 0.1) is 5.82 Å². The van der Waals surface area contributed by atoms with Crippen molar-refractivity contribution in [2.24, 2.45) is 5.73 Å². The first-order valence-corrected chi connectivity index (χ1v) is 10.1. The summed E-state index contributed by atoms with van der Waals surface area (Å²) in [4.78, 5) is 17.1. The van der Waals surface area contributed by atoms with Crippen molar-refractivity contribution in [3.05, 3.63) is 89.4 Å². The highest BCUT2D eigenvalue weighted by Crippen LogP contribution is 2.40. The molecular formula is C25H22FN3O2. The number of fused-ring (bicyclic) bond motifs is 2. The number of benzene rings is 3. The number of aromatic amines is 1. The van der Waals surface area contributed by atoms with E-state index in [0.29, 0.717) is 13.0 Å². The van der Waals surface area contributed by atoms with Crippen molar-refractivity contribution >= 4 is 16.9 Å². The number of aromatic nitrogens is 1. The van der Waals surface area contributed by atoms with Crippen molar-refractivity contribution in [2.45, 2.75) is 12.5 Å². The summed E-state index contributed by atoms with van der Waals surface area (Å²) < 4.78 is 19.2. The molecule has 0 radical (unpaired) electrons. The number of methoxy groups -OCH3 is 1. The molecule has 2 amide bonds. The van der Waals surface area contributed by atoms with Crippen LogP contribution in [0.1, 0.15) is 22.7 Å². The molecule has 5 nitrogen and oxygen atoms in total. The lowest BCUT2D eigenvalue weighted by atomic mass is 9.86. The highest BCUT2D eigenvalue weighted by molar-refractivity contribution is 5.85. The molecule has 0 spiro atoms. The Morgan fingerprint density at radius 2 is 1.84 bits per heavy atom. The minimum Gasteiger partial charge on any atom is -0.497 e. The molecule has 1 unspecified atom stereocenters. The van der Waals surface area contributed by atoms with Gasteiger partial charge in [0, 0.05) is 29.2 Å². The summed E-state index contributed by atoms with van der Waals surface area (Å²) in [5.41, 5.74) is 11.7. The fourth-order valence-electron chi connectivity index (χ4n) is 4.50. The van der Waals surface area contributed by atoms with Crippen LogP contribution in [-0.2, 0) is 6.42 Å². The van der Waals surface area contributed by atoms with E-state index in [1.165, 1.54) is 12.1 Å². The number of H-pyrrole nitrogens is 1. The van der Waals surface area contributed by atoms with Crippen molar-refractivity contribution in [2.75, 3.05) is 13.7 Å². The zero-order chi connectivity index (χ0) is 21.5. The number of hydrogen-bond acceptors (Lipinski definition) is 2. The topological polar surface area (TPSA) is 71.3 Å². The van der Waals surface area contributed by atoms with Crippen molar-refractivity contribution in [1.82, 2.24) is 9.88 Å². The molecule has 1 aliphatic heterocycles. The maximum atomic E-state index is 14.0. The van der Waals surface area contributed by atoms with Gasteiger partial charge < -0.3 is 20.4 Å². The van der Waals surface area contributed by atoms with Gasteiger partial charge in [0.05, 0.1) is 13.2 Å². The number of ether oxygens (including phenoxy) is 1. The fraction of sp³-hybridized carbons (Fsp3) is 0.160. The van der Waals surface area contributed by atoms with E-state index < -0.39 is 6.03 Å². The average molecular weight is 415 g/mol. The summed E-state index contributed by atoms with van der Waals surface area (Å²) in [7, 11) is 1.65. The summed E-state index contributed by atoms with van der Waals surface area (Å²) in [6.07, 6.45) is 2.55. The van der Waals surface area contributed by atoms with Gasteiger partial charge in [-0.15, -0.1) is 0 Å². The van der Waals surface area contributed by atoms with E-state index in [4.69, 9.17) is 10.5 Å². The third kappa shape index (κ3) is 3.30. The minimum absolute atomic E-state index is 0.315. The van der Waals surface area contributed by atoms with Crippen LogP contribution in [0.4, 0.5) is 9.18 Å². The van der Waals surface area contributed by atoms with Crippen molar-refractivity contribution in [1.29, 1.82) is 0 Å². The van der Waals surface area contributed by atoms with Gasteiger partial charge in [0.15, 0.2) is 0 Å². The van der Waals surface area contributed by atoms with Crippen LogP contribution < -0.4 is 10.5 Å². The summed E-state index contributed by atoms with van der Waals surface area (Å²) in [5.74, 6) is 0.496. The number of carbonyl (C=O) groups excluding carboxylic acids is 1. The molecule has 0 bridgehead atoms. The third-order valence-corrected chi connectivity index (χ3v) is 6.05. The molecule has 2 heterocycles. The molecule has 6 heteroatoms. The van der Waals surface area contributed by atoms with Crippen LogP contribution in [0.2, 0.25) is 0 Å². The highest BCUT2D eigenvalue weighted by Gasteiger charge is 2.32. The van der Waals surface area contributed by atoms with Crippen molar-refractivity contribution < 1.29 is 13.9 Å². The second-order valence-corrected chi connectivity index (χ2v) is 7.76. The molecule has 0 saturated carbocycles. The van der Waals surface area contributed by atoms with E-state index in [1.54, 1.807) is 18.1 Å². The van der Waals surface area contributed by atoms with E-state index in [9.17, 15) is 9.18 Å². The van der Waals surface area contributed by atoms with E-state index in [-0.39, 0.29) is 11.9 Å². The van der Waals surface area contributed by atoms with Crippen LogP contribution >= 0.6 is 0 Å². The second-order valence-electron chi connectivity index (χ2n) is 7.76. The molecule has 1 aliphatic rings. The number of nitrogens with zero attached hydrogens (tertiary/aromatic N) is 1. The molecule has 1 aromatic heterocycles. The monoisotopic (exact) mass is 415 g/mol. The van der Waals surface area contributed by atoms with Gasteiger partial charge in [0.25, 0.3) is 0 Å². The Labute approximate surface area is 179 Å². The Balaban J connectivity index is 1.62. The largest absolute Gasteiger partial charge is 0.497 e. The maximum Gasteiger partial charge on any atom is 0.315 e. The minimum atomic E-state index is -0.486. The van der Waals surface area contributed by atoms with Gasteiger partial charge in [-0.1, -0.05) is 30.3 Å². The summed E-state index contributed by atoms with van der Waals surface area (Å²) >= 11 is 0.